The van der Waals surface area contributed by atoms with Crippen molar-refractivity contribution in [2.75, 3.05) is 6.67 Å². The monoisotopic (exact) mass is 385 g/mol. The molecular formula is C25H33F2N. The summed E-state index contributed by atoms with van der Waals surface area (Å²) in [4.78, 5) is 0. The van der Waals surface area contributed by atoms with Gasteiger partial charge >= 0.3 is 0 Å². The van der Waals surface area contributed by atoms with E-state index in [2.05, 4.69) is 6.08 Å². The number of aryl methyl sites for hydroxylation is 1. The SMILES string of the molecule is N#Cc1ccc(CCC2CCC([C@H]3CC[C@H](/C=C/CCF)CC3)CC2)cc1F. The van der Waals surface area contributed by atoms with Crippen LogP contribution in [-0.2, 0) is 6.42 Å². The Balaban J connectivity index is 1.37. The summed E-state index contributed by atoms with van der Waals surface area (Å²) in [5.41, 5.74) is 1.15. The normalized spacial score (nSPS) is 28.3. The number of nitrogens with zero attached hydrogens (tertiary/aromatic N) is 1. The van der Waals surface area contributed by atoms with Gasteiger partial charge < -0.3 is 0 Å². The van der Waals surface area contributed by atoms with Gasteiger partial charge in [-0.3, -0.25) is 4.39 Å². The molecule has 152 valence electrons. The van der Waals surface area contributed by atoms with Crippen molar-refractivity contribution in [3.63, 3.8) is 0 Å². The molecule has 0 bridgehead atoms. The summed E-state index contributed by atoms with van der Waals surface area (Å²) in [6.45, 7) is -0.241. The molecule has 1 nitrogen and oxygen atoms in total. The van der Waals surface area contributed by atoms with Crippen LogP contribution in [0.3, 0.4) is 0 Å². The molecule has 28 heavy (non-hydrogen) atoms. The van der Waals surface area contributed by atoms with Crippen LogP contribution >= 0.6 is 0 Å². The first-order valence-electron chi connectivity index (χ1n) is 11.1. The molecule has 0 spiro atoms. The number of allylic oxidation sites excluding steroid dienone is 2. The molecule has 0 amide bonds. The standard InChI is InChI=1S/C25H33F2N/c26-16-2-1-3-19-6-11-22(12-7-19)23-13-8-20(9-14-23)4-5-21-10-15-24(18-28)25(27)17-21/h1,3,10,15,17,19-20,22-23H,2,4-9,11-14,16H2/b3-1+/t19-,20?,22-,23?. The number of nitriles is 1. The highest BCUT2D eigenvalue weighted by Gasteiger charge is 2.30. The molecule has 0 aliphatic heterocycles. The molecule has 2 aliphatic carbocycles. The molecule has 2 fully saturated rings. The third-order valence-corrected chi connectivity index (χ3v) is 7.05. The fraction of sp³-hybridized carbons (Fsp3) is 0.640. The van der Waals surface area contributed by atoms with Gasteiger partial charge in [0, 0.05) is 0 Å². The fourth-order valence-electron chi connectivity index (χ4n) is 5.28. The van der Waals surface area contributed by atoms with Crippen molar-refractivity contribution >= 4 is 0 Å². The zero-order valence-electron chi connectivity index (χ0n) is 16.9. The third-order valence-electron chi connectivity index (χ3n) is 7.05. The molecule has 2 aliphatic rings. The van der Waals surface area contributed by atoms with Gasteiger partial charge in [0.1, 0.15) is 11.9 Å². The average Bonchev–Trinajstić information content (AvgIpc) is 2.73. The summed E-state index contributed by atoms with van der Waals surface area (Å²) >= 11 is 0. The average molecular weight is 386 g/mol. The summed E-state index contributed by atoms with van der Waals surface area (Å²) in [6.07, 6.45) is 17.4. The van der Waals surface area contributed by atoms with Gasteiger partial charge in [0.05, 0.1) is 12.2 Å². The second kappa shape index (κ2) is 10.7. The van der Waals surface area contributed by atoms with Crippen LogP contribution in [0, 0.1) is 40.8 Å². The van der Waals surface area contributed by atoms with Crippen molar-refractivity contribution in [3.8, 4) is 6.07 Å². The van der Waals surface area contributed by atoms with E-state index in [-0.39, 0.29) is 18.1 Å². The topological polar surface area (TPSA) is 23.8 Å². The van der Waals surface area contributed by atoms with Gasteiger partial charge in [0.15, 0.2) is 0 Å². The first-order chi connectivity index (χ1) is 13.7. The largest absolute Gasteiger partial charge is 0.251 e. The first-order valence-corrected chi connectivity index (χ1v) is 11.1. The van der Waals surface area contributed by atoms with E-state index in [0.717, 1.165) is 36.2 Å². The smallest absolute Gasteiger partial charge is 0.141 e. The van der Waals surface area contributed by atoms with E-state index >= 15 is 0 Å². The van der Waals surface area contributed by atoms with Crippen LogP contribution in [0.5, 0.6) is 0 Å². The van der Waals surface area contributed by atoms with Gasteiger partial charge in [0.2, 0.25) is 0 Å². The van der Waals surface area contributed by atoms with E-state index < -0.39 is 0 Å². The van der Waals surface area contributed by atoms with Crippen molar-refractivity contribution in [3.05, 3.63) is 47.3 Å². The van der Waals surface area contributed by atoms with Crippen molar-refractivity contribution in [1.29, 1.82) is 5.26 Å². The molecule has 0 atom stereocenters. The van der Waals surface area contributed by atoms with E-state index in [4.69, 9.17) is 5.26 Å². The highest BCUT2D eigenvalue weighted by atomic mass is 19.1. The van der Waals surface area contributed by atoms with Crippen molar-refractivity contribution in [2.24, 2.45) is 23.7 Å². The van der Waals surface area contributed by atoms with E-state index in [1.807, 2.05) is 18.2 Å². The molecular weight excluding hydrogens is 352 g/mol. The Morgan fingerprint density at radius 2 is 1.68 bits per heavy atom. The number of benzene rings is 1. The lowest BCUT2D eigenvalue weighted by Gasteiger charge is -2.37. The quantitative estimate of drug-likeness (QED) is 0.457. The van der Waals surface area contributed by atoms with Gasteiger partial charge in [-0.15, -0.1) is 0 Å². The van der Waals surface area contributed by atoms with E-state index in [1.54, 1.807) is 6.07 Å². The number of rotatable bonds is 7. The maximum absolute atomic E-state index is 13.7. The lowest BCUT2D eigenvalue weighted by molar-refractivity contribution is 0.152. The highest BCUT2D eigenvalue weighted by Crippen LogP contribution is 2.42. The maximum atomic E-state index is 13.7. The van der Waals surface area contributed by atoms with Crippen LogP contribution in [0.4, 0.5) is 8.78 Å². The Hall–Kier alpha value is -1.69. The fourth-order valence-corrected chi connectivity index (χ4v) is 5.28. The Labute approximate surface area is 168 Å². The lowest BCUT2D eigenvalue weighted by Crippen LogP contribution is -2.25. The minimum absolute atomic E-state index is 0.136. The van der Waals surface area contributed by atoms with Crippen LogP contribution in [-0.4, -0.2) is 6.67 Å². The van der Waals surface area contributed by atoms with Gasteiger partial charge in [0.25, 0.3) is 0 Å². The van der Waals surface area contributed by atoms with Crippen LogP contribution < -0.4 is 0 Å². The molecule has 3 heteroatoms. The van der Waals surface area contributed by atoms with Crippen LogP contribution in [0.1, 0.15) is 75.3 Å². The maximum Gasteiger partial charge on any atom is 0.141 e. The molecule has 2 saturated carbocycles. The minimum Gasteiger partial charge on any atom is -0.251 e. The van der Waals surface area contributed by atoms with Crippen molar-refractivity contribution < 1.29 is 8.78 Å². The van der Waals surface area contributed by atoms with Gasteiger partial charge in [-0.1, -0.05) is 31.1 Å². The van der Waals surface area contributed by atoms with Crippen molar-refractivity contribution in [1.82, 2.24) is 0 Å². The predicted molar refractivity (Wildman–Crippen MR) is 110 cm³/mol. The second-order valence-corrected chi connectivity index (χ2v) is 8.83. The molecule has 0 N–H and O–H groups in total. The zero-order valence-corrected chi connectivity index (χ0v) is 16.9. The summed E-state index contributed by atoms with van der Waals surface area (Å²) in [6, 6.07) is 6.92. The Bertz CT molecular complexity index is 674. The molecule has 1 aromatic rings. The summed E-state index contributed by atoms with van der Waals surface area (Å²) in [5.74, 6) is 2.82. The third kappa shape index (κ3) is 5.90. The Morgan fingerprint density at radius 3 is 2.29 bits per heavy atom. The van der Waals surface area contributed by atoms with Crippen molar-refractivity contribution in [2.45, 2.75) is 70.6 Å². The molecule has 0 radical (unpaired) electrons. The highest BCUT2D eigenvalue weighted by molar-refractivity contribution is 5.33. The number of hydrogen-bond acceptors (Lipinski definition) is 1. The van der Waals surface area contributed by atoms with E-state index in [9.17, 15) is 8.78 Å². The van der Waals surface area contributed by atoms with E-state index in [1.165, 1.54) is 57.4 Å². The first kappa shape index (κ1) is 21.0. The zero-order chi connectivity index (χ0) is 19.8. The number of halogens is 2. The van der Waals surface area contributed by atoms with Gasteiger partial charge in [-0.2, -0.15) is 5.26 Å². The summed E-state index contributed by atoms with van der Waals surface area (Å²) in [7, 11) is 0. The van der Waals surface area contributed by atoms with Gasteiger partial charge in [-0.05, 0) is 99.2 Å². The second-order valence-electron chi connectivity index (χ2n) is 8.83. The van der Waals surface area contributed by atoms with Crippen LogP contribution in [0.2, 0.25) is 0 Å². The lowest BCUT2D eigenvalue weighted by atomic mass is 9.68. The Kier molecular flexibility index (Phi) is 8.07. The predicted octanol–water partition coefficient (Wildman–Crippen LogP) is 7.16. The molecule has 3 rings (SSSR count). The molecule has 0 aromatic heterocycles. The molecule has 0 saturated heterocycles. The van der Waals surface area contributed by atoms with E-state index in [0.29, 0.717) is 12.3 Å². The van der Waals surface area contributed by atoms with Crippen LogP contribution in [0.25, 0.3) is 0 Å². The van der Waals surface area contributed by atoms with Crippen LogP contribution in [0.15, 0.2) is 30.4 Å². The number of hydrogen-bond donors (Lipinski definition) is 0. The molecule has 1 aromatic carbocycles. The minimum atomic E-state index is -0.390. The molecule has 0 heterocycles. The number of alkyl halides is 1. The summed E-state index contributed by atoms with van der Waals surface area (Å²) in [5, 5.41) is 8.83. The Morgan fingerprint density at radius 1 is 1.00 bits per heavy atom. The summed E-state index contributed by atoms with van der Waals surface area (Å²) < 4.78 is 25.9. The van der Waals surface area contributed by atoms with Gasteiger partial charge in [-0.25, -0.2) is 4.39 Å². The molecule has 0 unspecified atom stereocenters.